The minimum Gasteiger partial charge on any atom is -0.362 e. The highest BCUT2D eigenvalue weighted by atomic mass is 19.2. The minimum absolute atomic E-state index is 0.0603. The third-order valence-electron chi connectivity index (χ3n) is 4.98. The van der Waals surface area contributed by atoms with Gasteiger partial charge in [0.25, 0.3) is 0 Å². The van der Waals surface area contributed by atoms with Gasteiger partial charge < -0.3 is 10.6 Å². The molecular formula is C23H22F2N6O. The van der Waals surface area contributed by atoms with Crippen LogP contribution in [0.25, 0.3) is 11.2 Å². The van der Waals surface area contributed by atoms with Gasteiger partial charge in [-0.1, -0.05) is 18.2 Å². The third-order valence-corrected chi connectivity index (χ3v) is 4.98. The number of hydrogen-bond acceptors (Lipinski definition) is 5. The van der Waals surface area contributed by atoms with Crippen LogP contribution in [0, 0.1) is 11.6 Å². The van der Waals surface area contributed by atoms with Crippen LogP contribution in [0.1, 0.15) is 31.0 Å². The Kier molecular flexibility index (Phi) is 6.07. The number of halogens is 2. The summed E-state index contributed by atoms with van der Waals surface area (Å²) in [6.45, 7) is 4.71. The lowest BCUT2D eigenvalue weighted by Crippen LogP contribution is -2.15. The second-order valence-electron chi connectivity index (χ2n) is 7.41. The largest absolute Gasteiger partial charge is 0.362 e. The molecule has 0 aliphatic rings. The normalized spacial score (nSPS) is 12.0. The summed E-state index contributed by atoms with van der Waals surface area (Å²) in [5.41, 5.74) is 3.23. The van der Waals surface area contributed by atoms with E-state index in [0.717, 1.165) is 29.8 Å². The van der Waals surface area contributed by atoms with Gasteiger partial charge in [-0.2, -0.15) is 5.10 Å². The molecule has 0 bridgehead atoms. The van der Waals surface area contributed by atoms with Crippen molar-refractivity contribution in [2.45, 2.75) is 32.9 Å². The lowest BCUT2D eigenvalue weighted by atomic mass is 10.1. The van der Waals surface area contributed by atoms with Gasteiger partial charge in [-0.3, -0.25) is 9.48 Å². The van der Waals surface area contributed by atoms with Crippen molar-refractivity contribution in [2.75, 3.05) is 10.6 Å². The predicted octanol–water partition coefficient (Wildman–Crippen LogP) is 4.48. The first-order chi connectivity index (χ1) is 15.4. The van der Waals surface area contributed by atoms with Gasteiger partial charge in [0.1, 0.15) is 11.3 Å². The summed E-state index contributed by atoms with van der Waals surface area (Å²) in [7, 11) is 0. The monoisotopic (exact) mass is 436 g/mol. The van der Waals surface area contributed by atoms with Crippen molar-refractivity contribution >= 4 is 28.6 Å². The van der Waals surface area contributed by atoms with Crippen LogP contribution in [0.4, 0.5) is 20.3 Å². The summed E-state index contributed by atoms with van der Waals surface area (Å²) >= 11 is 0. The fraction of sp³-hybridized carbons (Fsp3) is 0.217. The highest BCUT2D eigenvalue weighted by molar-refractivity contribution is 5.92. The molecule has 0 fully saturated rings. The maximum absolute atomic E-state index is 13.4. The summed E-state index contributed by atoms with van der Waals surface area (Å²) in [6.07, 6.45) is 3.45. The SMILES string of the molecule is CCn1cc2ncc(N[C@@H](C)c3cccc(NC(=O)Cc4ccc(F)c(F)c4)c3)nc2n1. The molecule has 4 rings (SSSR count). The first-order valence-electron chi connectivity index (χ1n) is 10.2. The van der Waals surface area contributed by atoms with Gasteiger partial charge in [0, 0.05) is 12.2 Å². The molecule has 7 nitrogen and oxygen atoms in total. The van der Waals surface area contributed by atoms with Gasteiger partial charge in [-0.05, 0) is 49.2 Å². The van der Waals surface area contributed by atoms with Crippen LogP contribution >= 0.6 is 0 Å². The minimum atomic E-state index is -0.972. The predicted molar refractivity (Wildman–Crippen MR) is 118 cm³/mol. The molecule has 9 heteroatoms. The molecule has 0 saturated heterocycles. The number of aryl methyl sites for hydroxylation is 1. The number of rotatable bonds is 7. The Labute approximate surface area is 183 Å². The van der Waals surface area contributed by atoms with E-state index in [1.54, 1.807) is 16.9 Å². The van der Waals surface area contributed by atoms with Crippen LogP contribution in [-0.4, -0.2) is 25.7 Å². The number of amides is 1. The standard InChI is InChI=1S/C23H22F2N6O/c1-3-31-13-20-23(30-31)29-21(12-26-20)27-14(2)16-5-4-6-17(11-16)28-22(32)10-15-7-8-18(24)19(25)9-15/h4-9,11-14H,3,10H2,1-2H3,(H,28,32)(H,27,29,30)/t14-/m0/s1. The van der Waals surface area contributed by atoms with Gasteiger partial charge in [-0.25, -0.2) is 18.7 Å². The maximum atomic E-state index is 13.4. The van der Waals surface area contributed by atoms with Gasteiger partial charge in [-0.15, -0.1) is 0 Å². The lowest BCUT2D eigenvalue weighted by molar-refractivity contribution is -0.115. The summed E-state index contributed by atoms with van der Waals surface area (Å²) in [4.78, 5) is 21.2. The third kappa shape index (κ3) is 4.88. The van der Waals surface area contributed by atoms with E-state index in [4.69, 9.17) is 0 Å². The zero-order valence-electron chi connectivity index (χ0n) is 17.6. The molecule has 1 atom stereocenters. The fourth-order valence-corrected chi connectivity index (χ4v) is 3.31. The Hall–Kier alpha value is -3.88. The number of carbonyl (C=O) groups excluding carboxylic acids is 1. The van der Waals surface area contributed by atoms with E-state index in [0.29, 0.717) is 22.7 Å². The highest BCUT2D eigenvalue weighted by Crippen LogP contribution is 2.22. The van der Waals surface area contributed by atoms with Crippen molar-refractivity contribution in [2.24, 2.45) is 0 Å². The van der Waals surface area contributed by atoms with Gasteiger partial charge >= 0.3 is 0 Å². The van der Waals surface area contributed by atoms with E-state index >= 15 is 0 Å². The molecule has 1 amide bonds. The van der Waals surface area contributed by atoms with Gasteiger partial charge in [0.15, 0.2) is 11.6 Å². The second-order valence-corrected chi connectivity index (χ2v) is 7.41. The van der Waals surface area contributed by atoms with E-state index in [2.05, 4.69) is 25.7 Å². The Morgan fingerprint density at radius 2 is 2.00 bits per heavy atom. The smallest absolute Gasteiger partial charge is 0.228 e. The molecule has 0 radical (unpaired) electrons. The molecule has 2 aromatic heterocycles. The zero-order valence-corrected chi connectivity index (χ0v) is 17.6. The molecule has 2 aromatic carbocycles. The van der Waals surface area contributed by atoms with E-state index in [1.807, 2.05) is 38.2 Å². The van der Waals surface area contributed by atoms with Crippen LogP contribution in [0.3, 0.4) is 0 Å². The topological polar surface area (TPSA) is 84.7 Å². The van der Waals surface area contributed by atoms with Crippen LogP contribution in [0.5, 0.6) is 0 Å². The van der Waals surface area contributed by atoms with Crippen LogP contribution in [0.2, 0.25) is 0 Å². The van der Waals surface area contributed by atoms with E-state index in [-0.39, 0.29) is 18.4 Å². The molecule has 4 aromatic rings. The molecule has 2 N–H and O–H groups in total. The average molecular weight is 436 g/mol. The number of carbonyl (C=O) groups is 1. The van der Waals surface area contributed by atoms with Crippen molar-refractivity contribution in [1.29, 1.82) is 0 Å². The number of benzene rings is 2. The summed E-state index contributed by atoms with van der Waals surface area (Å²) in [6, 6.07) is 10.7. The van der Waals surface area contributed by atoms with Crippen molar-refractivity contribution in [3.05, 3.63) is 77.6 Å². The Morgan fingerprint density at radius 3 is 2.78 bits per heavy atom. The molecule has 2 heterocycles. The number of nitrogens with zero attached hydrogens (tertiary/aromatic N) is 4. The first kappa shape index (κ1) is 21.4. The van der Waals surface area contributed by atoms with Gasteiger partial charge in [0.2, 0.25) is 11.6 Å². The zero-order chi connectivity index (χ0) is 22.7. The van der Waals surface area contributed by atoms with Crippen LogP contribution < -0.4 is 10.6 Å². The van der Waals surface area contributed by atoms with Crippen molar-refractivity contribution in [1.82, 2.24) is 19.7 Å². The summed E-state index contributed by atoms with van der Waals surface area (Å²) in [5, 5.41) is 10.5. The molecule has 0 saturated carbocycles. The Bertz CT molecular complexity index is 1270. The van der Waals surface area contributed by atoms with Crippen molar-refractivity contribution in [3.8, 4) is 0 Å². The molecule has 32 heavy (non-hydrogen) atoms. The first-order valence-corrected chi connectivity index (χ1v) is 10.2. The Morgan fingerprint density at radius 1 is 1.16 bits per heavy atom. The number of aromatic nitrogens is 4. The summed E-state index contributed by atoms with van der Waals surface area (Å²) in [5.74, 6) is -1.64. The number of hydrogen-bond donors (Lipinski definition) is 2. The van der Waals surface area contributed by atoms with E-state index in [9.17, 15) is 13.6 Å². The highest BCUT2D eigenvalue weighted by Gasteiger charge is 2.12. The fourth-order valence-electron chi connectivity index (χ4n) is 3.31. The number of anilines is 2. The van der Waals surface area contributed by atoms with Crippen LogP contribution in [0.15, 0.2) is 54.9 Å². The molecular weight excluding hydrogens is 414 g/mol. The number of fused-ring (bicyclic) bond motifs is 1. The summed E-state index contributed by atoms with van der Waals surface area (Å²) < 4.78 is 28.2. The molecule has 164 valence electrons. The van der Waals surface area contributed by atoms with Gasteiger partial charge in [0.05, 0.1) is 24.9 Å². The molecule has 0 unspecified atom stereocenters. The molecule has 0 aliphatic heterocycles. The second kappa shape index (κ2) is 9.09. The van der Waals surface area contributed by atoms with Crippen molar-refractivity contribution in [3.63, 3.8) is 0 Å². The molecule has 0 aliphatic carbocycles. The lowest BCUT2D eigenvalue weighted by Gasteiger charge is -2.16. The quantitative estimate of drug-likeness (QED) is 0.446. The van der Waals surface area contributed by atoms with Crippen molar-refractivity contribution < 1.29 is 13.6 Å². The van der Waals surface area contributed by atoms with Crippen LogP contribution in [-0.2, 0) is 17.8 Å². The number of nitrogens with one attached hydrogen (secondary N) is 2. The average Bonchev–Trinajstić information content (AvgIpc) is 3.19. The maximum Gasteiger partial charge on any atom is 0.228 e. The Balaban J connectivity index is 1.42. The van der Waals surface area contributed by atoms with E-state index in [1.165, 1.54) is 6.07 Å². The van der Waals surface area contributed by atoms with E-state index < -0.39 is 11.6 Å². The molecule has 0 spiro atoms.